The highest BCUT2D eigenvalue weighted by Gasteiger charge is 2.65. The largest absolute Gasteiger partial charge is 0.459 e. The Hall–Kier alpha value is -4.40. The Kier molecular flexibility index (Phi) is 14.9. The summed E-state index contributed by atoms with van der Waals surface area (Å²) in [7, 11) is 1.52. The second-order valence-corrected chi connectivity index (χ2v) is 16.6. The van der Waals surface area contributed by atoms with E-state index in [2.05, 4.69) is 23.9 Å². The Bertz CT molecular complexity index is 2010. The molecule has 1 fully saturated rings. The number of thioether (sulfide) groups is 1. The highest BCUT2D eigenvalue weighted by molar-refractivity contribution is 7.98. The zero-order chi connectivity index (χ0) is 42.1. The number of oxime groups is 1. The second-order valence-electron chi connectivity index (χ2n) is 15.4. The van der Waals surface area contributed by atoms with Crippen LogP contribution in [0.4, 0.5) is 4.79 Å². The minimum Gasteiger partial charge on any atom is -0.459 e. The van der Waals surface area contributed by atoms with Gasteiger partial charge in [0, 0.05) is 42.6 Å². The molecule has 6 atom stereocenters. The lowest BCUT2D eigenvalue weighted by molar-refractivity contribution is -0.256. The molecule has 0 aromatic heterocycles. The number of benzene rings is 3. The first kappa shape index (κ1) is 43.7. The van der Waals surface area contributed by atoms with Crippen molar-refractivity contribution >= 4 is 35.2 Å². The van der Waals surface area contributed by atoms with E-state index in [1.807, 2.05) is 60.9 Å². The SMILES string of the molecule is C=CCOC12Oc3ccc(Oc4ccc(SC)cc4)cc3C3C(CCCCO)C(CCCCO)C=C(C(=NOC)CC1N(Cc1ccc4c(c1)OCO4)C(=O)OCCCl)C32. The van der Waals surface area contributed by atoms with Gasteiger partial charge in [-0.2, -0.15) is 0 Å². The number of hydrogen-bond acceptors (Lipinski definition) is 12. The molecule has 2 N–H and O–H groups in total. The van der Waals surface area contributed by atoms with Gasteiger partial charge in [-0.05, 0) is 110 Å². The molecule has 60 heavy (non-hydrogen) atoms. The fourth-order valence-corrected chi connectivity index (χ4v) is 9.83. The predicted molar refractivity (Wildman–Crippen MR) is 230 cm³/mol. The van der Waals surface area contributed by atoms with Gasteiger partial charge in [-0.15, -0.1) is 29.9 Å². The number of aliphatic hydroxyl groups is 2. The number of nitrogens with zero attached hydrogens (tertiary/aromatic N) is 2. The number of unbranched alkanes of at least 4 members (excludes halogenated alkanes) is 2. The summed E-state index contributed by atoms with van der Waals surface area (Å²) in [5.74, 6) is 1.23. The Balaban J connectivity index is 1.42. The molecule has 1 saturated carbocycles. The van der Waals surface area contributed by atoms with E-state index in [0.29, 0.717) is 47.3 Å². The average molecular weight is 863 g/mol. The molecule has 14 heteroatoms. The van der Waals surface area contributed by atoms with Gasteiger partial charge in [0.2, 0.25) is 12.6 Å². The van der Waals surface area contributed by atoms with E-state index in [4.69, 9.17) is 44.9 Å². The summed E-state index contributed by atoms with van der Waals surface area (Å²) in [6.07, 6.45) is 10.2. The number of allylic oxidation sites excluding steroid dienone is 1. The smallest absolute Gasteiger partial charge is 0.410 e. The molecular weight excluding hydrogens is 808 g/mol. The van der Waals surface area contributed by atoms with Crippen molar-refractivity contribution in [2.24, 2.45) is 22.9 Å². The molecular formula is C46H55ClN2O10S. The van der Waals surface area contributed by atoms with Gasteiger partial charge in [0.15, 0.2) is 11.5 Å². The van der Waals surface area contributed by atoms with Crippen LogP contribution in [0.1, 0.15) is 62.0 Å². The third-order valence-corrected chi connectivity index (χ3v) is 12.7. The molecule has 6 unspecified atom stereocenters. The van der Waals surface area contributed by atoms with Gasteiger partial charge in [0.05, 0.1) is 24.1 Å². The lowest BCUT2D eigenvalue weighted by atomic mass is 9.55. The summed E-state index contributed by atoms with van der Waals surface area (Å²) in [6.45, 7) is 4.55. The number of fused-ring (bicyclic) bond motifs is 3. The maximum Gasteiger partial charge on any atom is 0.410 e. The lowest BCUT2D eigenvalue weighted by Crippen LogP contribution is -2.70. The zero-order valence-corrected chi connectivity index (χ0v) is 35.8. The van der Waals surface area contributed by atoms with Crippen molar-refractivity contribution < 1.29 is 48.3 Å². The molecule has 3 aromatic carbocycles. The molecule has 2 aliphatic carbocycles. The molecule has 4 aliphatic rings. The van der Waals surface area contributed by atoms with Crippen LogP contribution < -0.4 is 18.9 Å². The van der Waals surface area contributed by atoms with Gasteiger partial charge in [0.1, 0.15) is 37.0 Å². The molecule has 322 valence electrons. The van der Waals surface area contributed by atoms with Crippen LogP contribution in [-0.2, 0) is 20.9 Å². The first-order valence-corrected chi connectivity index (χ1v) is 22.4. The van der Waals surface area contributed by atoms with Gasteiger partial charge in [0.25, 0.3) is 0 Å². The van der Waals surface area contributed by atoms with E-state index in [1.54, 1.807) is 22.7 Å². The maximum atomic E-state index is 14.5. The molecule has 2 aliphatic heterocycles. The summed E-state index contributed by atoms with van der Waals surface area (Å²) < 4.78 is 38.0. The zero-order valence-electron chi connectivity index (χ0n) is 34.3. The summed E-state index contributed by atoms with van der Waals surface area (Å²) in [6, 6.07) is 18.7. The van der Waals surface area contributed by atoms with Crippen molar-refractivity contribution in [1.29, 1.82) is 0 Å². The topological polar surface area (TPSA) is 138 Å². The molecule has 0 saturated heterocycles. The number of aliphatic hydroxyl groups excluding tert-OH is 2. The van der Waals surface area contributed by atoms with Crippen LogP contribution in [0.5, 0.6) is 28.7 Å². The summed E-state index contributed by atoms with van der Waals surface area (Å²) >= 11 is 7.75. The van der Waals surface area contributed by atoms with Crippen molar-refractivity contribution in [3.63, 3.8) is 0 Å². The van der Waals surface area contributed by atoms with E-state index in [0.717, 1.165) is 47.3 Å². The number of hydrogen-bond donors (Lipinski definition) is 2. The highest BCUT2D eigenvalue weighted by atomic mass is 35.5. The third-order valence-electron chi connectivity index (χ3n) is 11.8. The first-order chi connectivity index (χ1) is 29.4. The van der Waals surface area contributed by atoms with Crippen LogP contribution >= 0.6 is 23.4 Å². The van der Waals surface area contributed by atoms with Gasteiger partial charge in [-0.1, -0.05) is 36.2 Å². The minimum absolute atomic E-state index is 0.00356. The van der Waals surface area contributed by atoms with E-state index in [-0.39, 0.29) is 69.8 Å². The van der Waals surface area contributed by atoms with Crippen molar-refractivity contribution in [3.8, 4) is 28.7 Å². The van der Waals surface area contributed by atoms with E-state index in [1.165, 1.54) is 7.11 Å². The molecule has 1 amide bonds. The van der Waals surface area contributed by atoms with Crippen LogP contribution in [0, 0.1) is 17.8 Å². The van der Waals surface area contributed by atoms with Crippen LogP contribution in [-0.4, -0.2) is 91.2 Å². The van der Waals surface area contributed by atoms with Gasteiger partial charge >= 0.3 is 6.09 Å². The second kappa shape index (κ2) is 20.4. The van der Waals surface area contributed by atoms with Crippen molar-refractivity contribution in [1.82, 2.24) is 4.90 Å². The predicted octanol–water partition coefficient (Wildman–Crippen LogP) is 9.07. The fourth-order valence-electron chi connectivity index (χ4n) is 9.35. The highest BCUT2D eigenvalue weighted by Crippen LogP contribution is 2.62. The number of carbonyl (C=O) groups is 1. The quantitative estimate of drug-likeness (QED) is 0.0370. The van der Waals surface area contributed by atoms with E-state index in [9.17, 15) is 15.0 Å². The number of amides is 1. The molecule has 0 bridgehead atoms. The fraction of sp³-hybridized carbons (Fsp3) is 0.478. The van der Waals surface area contributed by atoms with Crippen LogP contribution in [0.25, 0.3) is 0 Å². The molecule has 2 heterocycles. The van der Waals surface area contributed by atoms with Gasteiger partial charge in [-0.25, -0.2) is 4.79 Å². The van der Waals surface area contributed by atoms with Crippen molar-refractivity contribution in [2.45, 2.75) is 74.1 Å². The lowest BCUT2D eigenvalue weighted by Gasteiger charge is -2.59. The first-order valence-electron chi connectivity index (χ1n) is 20.7. The van der Waals surface area contributed by atoms with Crippen molar-refractivity contribution in [2.75, 3.05) is 52.5 Å². The number of carbonyl (C=O) groups excluding carboxylic acids is 1. The molecule has 0 spiro atoms. The molecule has 0 radical (unpaired) electrons. The van der Waals surface area contributed by atoms with E-state index < -0.39 is 23.8 Å². The Labute approximate surface area is 361 Å². The third kappa shape index (κ3) is 9.25. The number of ether oxygens (including phenoxy) is 6. The van der Waals surface area contributed by atoms with Crippen molar-refractivity contribution in [3.05, 3.63) is 96.1 Å². The van der Waals surface area contributed by atoms with Gasteiger partial charge < -0.3 is 43.5 Å². The Morgan fingerprint density at radius 1 is 1.00 bits per heavy atom. The number of alkyl halides is 1. The summed E-state index contributed by atoms with van der Waals surface area (Å²) in [4.78, 5) is 22.9. The normalized spacial score (nSPS) is 24.1. The standard InChI is InChI=1S/C46H55ClN2O10S/c1-4-22-57-46-42(49(45(52)54-23-19-47)28-30-11-17-40-41(24-30)56-29-55-40)27-38(48-53-2)36-25-31(9-5-7-20-50)35(10-6-8-21-51)43(44(36)46)37-26-33(14-18-39(37)59-46)58-32-12-15-34(60-3)16-13-32/h4,11-18,24-26,31,35,42-44,50-51H,1,5-10,19-23,27-29H2,2-3H3. The Morgan fingerprint density at radius 3 is 2.48 bits per heavy atom. The van der Waals surface area contributed by atoms with E-state index >= 15 is 0 Å². The molecule has 7 rings (SSSR count). The van der Waals surface area contributed by atoms with Crippen LogP contribution in [0.3, 0.4) is 0 Å². The van der Waals surface area contributed by atoms with Gasteiger partial charge in [-0.3, -0.25) is 4.90 Å². The van der Waals surface area contributed by atoms with Crippen LogP contribution in [0.15, 0.2) is 95.0 Å². The maximum absolute atomic E-state index is 14.5. The number of rotatable bonds is 20. The average Bonchev–Trinajstić information content (AvgIpc) is 3.74. The number of halogens is 1. The summed E-state index contributed by atoms with van der Waals surface area (Å²) in [5.41, 5.74) is 3.33. The minimum atomic E-state index is -1.47. The Morgan fingerprint density at radius 2 is 1.75 bits per heavy atom. The monoisotopic (exact) mass is 862 g/mol. The summed E-state index contributed by atoms with van der Waals surface area (Å²) in [5, 5.41) is 24.5. The van der Waals surface area contributed by atoms with Crippen LogP contribution in [0.2, 0.25) is 0 Å². The molecule has 12 nitrogen and oxygen atoms in total. The molecule has 3 aromatic rings.